The highest BCUT2D eigenvalue weighted by molar-refractivity contribution is 5.50. The Morgan fingerprint density at radius 3 is 2.75 bits per heavy atom. The summed E-state index contributed by atoms with van der Waals surface area (Å²) >= 11 is 0. The fourth-order valence-electron chi connectivity index (χ4n) is 3.29. The molecule has 0 saturated carbocycles. The van der Waals surface area contributed by atoms with Gasteiger partial charge in [0.1, 0.15) is 12.1 Å². The summed E-state index contributed by atoms with van der Waals surface area (Å²) < 4.78 is 0. The van der Waals surface area contributed by atoms with E-state index in [9.17, 15) is 0 Å². The molecule has 1 aromatic rings. The molecule has 1 aliphatic heterocycles. The highest BCUT2D eigenvalue weighted by atomic mass is 15.3. The molecule has 0 amide bonds. The molecule has 5 heteroatoms. The molecule has 106 valence electrons. The van der Waals surface area contributed by atoms with Gasteiger partial charge in [-0.05, 0) is 25.7 Å². The van der Waals surface area contributed by atoms with Gasteiger partial charge in [0.25, 0.3) is 0 Å². The molecule has 1 aromatic heterocycles. The largest absolute Gasteiger partial charge is 0.354 e. The molecule has 1 atom stereocenters. The van der Waals surface area contributed by atoms with Crippen LogP contribution in [0.3, 0.4) is 0 Å². The Balaban J connectivity index is 1.70. The Morgan fingerprint density at radius 2 is 2.05 bits per heavy atom. The second-order valence-corrected chi connectivity index (χ2v) is 5.55. The first-order chi connectivity index (χ1) is 9.83. The van der Waals surface area contributed by atoms with E-state index in [0.29, 0.717) is 0 Å². The molecular formula is C15H21N5. The van der Waals surface area contributed by atoms with Gasteiger partial charge in [-0.2, -0.15) is 5.26 Å². The first-order valence-electron chi connectivity index (χ1n) is 7.55. The zero-order valence-corrected chi connectivity index (χ0v) is 12.0. The molecule has 0 N–H and O–H groups in total. The normalized spacial score (nSPS) is 20.5. The van der Waals surface area contributed by atoms with Crippen LogP contribution in [0.2, 0.25) is 0 Å². The van der Waals surface area contributed by atoms with Crippen LogP contribution in [-0.2, 0) is 12.8 Å². The van der Waals surface area contributed by atoms with E-state index in [1.807, 2.05) is 0 Å². The van der Waals surface area contributed by atoms with Gasteiger partial charge in [0.15, 0.2) is 0 Å². The van der Waals surface area contributed by atoms with Crippen LogP contribution < -0.4 is 4.90 Å². The summed E-state index contributed by atoms with van der Waals surface area (Å²) in [5.41, 5.74) is 2.59. The van der Waals surface area contributed by atoms with E-state index >= 15 is 0 Å². The number of nitrogens with zero attached hydrogens (tertiary/aromatic N) is 5. The lowest BCUT2D eigenvalue weighted by Crippen LogP contribution is -2.50. The van der Waals surface area contributed by atoms with Crippen molar-refractivity contribution in [3.05, 3.63) is 17.6 Å². The van der Waals surface area contributed by atoms with Crippen LogP contribution in [0, 0.1) is 11.3 Å². The van der Waals surface area contributed by atoms with Crippen molar-refractivity contribution in [2.75, 3.05) is 31.1 Å². The molecule has 0 spiro atoms. The summed E-state index contributed by atoms with van der Waals surface area (Å²) in [4.78, 5) is 13.6. The Labute approximate surface area is 120 Å². The number of aromatic nitrogens is 2. The molecule has 3 rings (SSSR count). The third-order valence-corrected chi connectivity index (χ3v) is 4.44. The zero-order chi connectivity index (χ0) is 13.9. The maximum atomic E-state index is 9.16. The first-order valence-corrected chi connectivity index (χ1v) is 7.55. The van der Waals surface area contributed by atoms with Gasteiger partial charge in [0.2, 0.25) is 0 Å². The molecule has 2 aliphatic rings. The standard InChI is InChI=1S/C15H21N5/c1-2-12(10-16)19-6-8-20(9-7-19)15-13-4-3-5-14(13)17-11-18-15/h11-12H,2-9H2,1H3. The molecule has 1 unspecified atom stereocenters. The van der Waals surface area contributed by atoms with Crippen molar-refractivity contribution < 1.29 is 0 Å². The second kappa shape index (κ2) is 5.76. The number of anilines is 1. The summed E-state index contributed by atoms with van der Waals surface area (Å²) in [5.74, 6) is 1.14. The summed E-state index contributed by atoms with van der Waals surface area (Å²) in [7, 11) is 0. The number of fused-ring (bicyclic) bond motifs is 1. The number of rotatable bonds is 3. The van der Waals surface area contributed by atoms with Crippen molar-refractivity contribution in [1.82, 2.24) is 14.9 Å². The number of hydrogen-bond acceptors (Lipinski definition) is 5. The average molecular weight is 271 g/mol. The minimum Gasteiger partial charge on any atom is -0.354 e. The van der Waals surface area contributed by atoms with Crippen molar-refractivity contribution in [2.24, 2.45) is 0 Å². The quantitative estimate of drug-likeness (QED) is 0.831. The molecular weight excluding hydrogens is 250 g/mol. The number of piperazine rings is 1. The van der Waals surface area contributed by atoms with Gasteiger partial charge in [-0.25, -0.2) is 9.97 Å². The van der Waals surface area contributed by atoms with Crippen LogP contribution in [0.4, 0.5) is 5.82 Å². The molecule has 1 aliphatic carbocycles. The fourth-order valence-corrected chi connectivity index (χ4v) is 3.29. The molecule has 20 heavy (non-hydrogen) atoms. The first kappa shape index (κ1) is 13.3. The predicted molar refractivity (Wildman–Crippen MR) is 77.5 cm³/mol. The van der Waals surface area contributed by atoms with Crippen LogP contribution in [0.1, 0.15) is 31.0 Å². The van der Waals surface area contributed by atoms with Gasteiger partial charge < -0.3 is 4.90 Å². The Kier molecular flexibility index (Phi) is 3.83. The van der Waals surface area contributed by atoms with E-state index in [1.165, 1.54) is 17.7 Å². The third-order valence-electron chi connectivity index (χ3n) is 4.44. The van der Waals surface area contributed by atoms with Crippen LogP contribution in [0.25, 0.3) is 0 Å². The Bertz CT molecular complexity index is 513. The number of aryl methyl sites for hydroxylation is 1. The van der Waals surface area contributed by atoms with Gasteiger partial charge in [0, 0.05) is 37.4 Å². The van der Waals surface area contributed by atoms with E-state index < -0.39 is 0 Å². The van der Waals surface area contributed by atoms with Crippen molar-refractivity contribution in [1.29, 1.82) is 5.26 Å². The molecule has 1 fully saturated rings. The van der Waals surface area contributed by atoms with Crippen molar-refractivity contribution >= 4 is 5.82 Å². The van der Waals surface area contributed by atoms with Gasteiger partial charge in [-0.1, -0.05) is 6.92 Å². The maximum Gasteiger partial charge on any atom is 0.135 e. The second-order valence-electron chi connectivity index (χ2n) is 5.55. The topological polar surface area (TPSA) is 56.1 Å². The zero-order valence-electron chi connectivity index (χ0n) is 12.0. The molecule has 1 saturated heterocycles. The Morgan fingerprint density at radius 1 is 1.25 bits per heavy atom. The highest BCUT2D eigenvalue weighted by Gasteiger charge is 2.26. The average Bonchev–Trinajstić information content (AvgIpc) is 2.98. The number of hydrogen-bond donors (Lipinski definition) is 0. The fraction of sp³-hybridized carbons (Fsp3) is 0.667. The maximum absolute atomic E-state index is 9.16. The van der Waals surface area contributed by atoms with Crippen molar-refractivity contribution in [2.45, 2.75) is 38.6 Å². The molecule has 0 bridgehead atoms. The smallest absolute Gasteiger partial charge is 0.135 e. The van der Waals surface area contributed by atoms with E-state index in [4.69, 9.17) is 5.26 Å². The molecule has 0 radical (unpaired) electrons. The summed E-state index contributed by atoms with van der Waals surface area (Å²) in [6.07, 6.45) is 6.02. The van der Waals surface area contributed by atoms with E-state index in [2.05, 4.69) is 32.8 Å². The van der Waals surface area contributed by atoms with E-state index in [-0.39, 0.29) is 6.04 Å². The van der Waals surface area contributed by atoms with E-state index in [1.54, 1.807) is 6.33 Å². The number of nitriles is 1. The highest BCUT2D eigenvalue weighted by Crippen LogP contribution is 2.28. The van der Waals surface area contributed by atoms with Gasteiger partial charge >= 0.3 is 0 Å². The summed E-state index contributed by atoms with van der Waals surface area (Å²) in [6, 6.07) is 2.46. The monoisotopic (exact) mass is 271 g/mol. The minimum absolute atomic E-state index is 0.0632. The molecule has 0 aromatic carbocycles. The van der Waals surface area contributed by atoms with Crippen molar-refractivity contribution in [3.8, 4) is 6.07 Å². The van der Waals surface area contributed by atoms with Crippen LogP contribution in [-0.4, -0.2) is 47.1 Å². The summed E-state index contributed by atoms with van der Waals surface area (Å²) in [6.45, 7) is 5.90. The Hall–Kier alpha value is -1.67. The van der Waals surface area contributed by atoms with Crippen LogP contribution in [0.15, 0.2) is 6.33 Å². The van der Waals surface area contributed by atoms with Gasteiger partial charge in [0.05, 0.1) is 12.1 Å². The molecule has 2 heterocycles. The lowest BCUT2D eigenvalue weighted by molar-refractivity contribution is 0.216. The SMILES string of the molecule is CCC(C#N)N1CCN(c2ncnc3c2CCC3)CC1. The van der Waals surface area contributed by atoms with Crippen LogP contribution in [0.5, 0.6) is 0 Å². The van der Waals surface area contributed by atoms with Gasteiger partial charge in [-0.3, -0.25) is 4.90 Å². The van der Waals surface area contributed by atoms with Crippen molar-refractivity contribution in [3.63, 3.8) is 0 Å². The van der Waals surface area contributed by atoms with E-state index in [0.717, 1.165) is 51.3 Å². The third kappa shape index (κ3) is 2.36. The molecule has 5 nitrogen and oxygen atoms in total. The minimum atomic E-state index is 0.0632. The lowest BCUT2D eigenvalue weighted by Gasteiger charge is -2.37. The predicted octanol–water partition coefficient (Wildman–Crippen LogP) is 1.39. The summed E-state index contributed by atoms with van der Waals surface area (Å²) in [5, 5.41) is 9.16. The van der Waals surface area contributed by atoms with Gasteiger partial charge in [-0.15, -0.1) is 0 Å². The lowest BCUT2D eigenvalue weighted by atomic mass is 10.1. The van der Waals surface area contributed by atoms with Crippen LogP contribution >= 0.6 is 0 Å².